The molecule has 0 amide bonds. The molecule has 0 saturated carbocycles. The smallest absolute Gasteiger partial charge is 0.00248 e. The minimum Gasteiger partial charge on any atom is -0.330 e. The van der Waals surface area contributed by atoms with E-state index >= 15 is 0 Å². The molecule has 3 N–H and O–H groups in total. The third-order valence-electron chi connectivity index (χ3n) is 3.02. The van der Waals surface area contributed by atoms with Gasteiger partial charge in [0.05, 0.1) is 0 Å². The van der Waals surface area contributed by atoms with Crippen LogP contribution >= 0.6 is 0 Å². The quantitative estimate of drug-likeness (QED) is 0.487. The second-order valence-electron chi connectivity index (χ2n) is 5.17. The van der Waals surface area contributed by atoms with Gasteiger partial charge in [0.2, 0.25) is 0 Å². The summed E-state index contributed by atoms with van der Waals surface area (Å²) in [4.78, 5) is 2.26. The molecule has 0 radical (unpaired) electrons. The second-order valence-corrected chi connectivity index (χ2v) is 5.17. The zero-order valence-electron chi connectivity index (χ0n) is 12.0. The molecule has 0 saturated heterocycles. The average molecular weight is 243 g/mol. The molecule has 0 fully saturated rings. The van der Waals surface area contributed by atoms with E-state index in [9.17, 15) is 0 Å². The van der Waals surface area contributed by atoms with Gasteiger partial charge in [-0.05, 0) is 66.0 Å². The largest absolute Gasteiger partial charge is 0.330 e. The fourth-order valence-corrected chi connectivity index (χ4v) is 1.90. The third-order valence-corrected chi connectivity index (χ3v) is 3.02. The van der Waals surface area contributed by atoms with Gasteiger partial charge in [0.1, 0.15) is 0 Å². The minimum atomic E-state index is 0.848. The zero-order valence-corrected chi connectivity index (χ0v) is 12.0. The predicted molar refractivity (Wildman–Crippen MR) is 77.4 cm³/mol. The van der Waals surface area contributed by atoms with Crippen LogP contribution in [0, 0.1) is 0 Å². The molecule has 0 unspecified atom stereocenters. The molecule has 0 bridgehead atoms. The van der Waals surface area contributed by atoms with Crippen LogP contribution in [0.3, 0.4) is 0 Å². The number of nitrogens with one attached hydrogen (secondary N) is 1. The maximum absolute atomic E-state index is 5.45. The minimum absolute atomic E-state index is 0.848. The molecular weight excluding hydrogens is 210 g/mol. The monoisotopic (exact) mass is 243 g/mol. The van der Waals surface area contributed by atoms with E-state index in [0.29, 0.717) is 0 Å². The highest BCUT2D eigenvalue weighted by Gasteiger charge is 1.93. The number of hydrogen-bond acceptors (Lipinski definition) is 3. The lowest BCUT2D eigenvalue weighted by Gasteiger charge is -2.08. The van der Waals surface area contributed by atoms with Gasteiger partial charge in [-0.2, -0.15) is 0 Å². The van der Waals surface area contributed by atoms with Crippen molar-refractivity contribution in [3.63, 3.8) is 0 Å². The lowest BCUT2D eigenvalue weighted by Crippen LogP contribution is -2.17. The second kappa shape index (κ2) is 13.9. The van der Waals surface area contributed by atoms with Crippen LogP contribution < -0.4 is 11.1 Å². The van der Waals surface area contributed by atoms with Crippen molar-refractivity contribution in [2.24, 2.45) is 5.73 Å². The predicted octanol–water partition coefficient (Wildman–Crippen LogP) is 2.22. The van der Waals surface area contributed by atoms with Gasteiger partial charge < -0.3 is 16.0 Å². The maximum atomic E-state index is 5.45. The number of unbranched alkanes of at least 4 members (excludes halogenated alkanes) is 6. The van der Waals surface area contributed by atoms with Gasteiger partial charge >= 0.3 is 0 Å². The van der Waals surface area contributed by atoms with E-state index in [1.165, 1.54) is 71.0 Å². The first-order valence-electron chi connectivity index (χ1n) is 7.33. The van der Waals surface area contributed by atoms with Crippen molar-refractivity contribution in [3.8, 4) is 0 Å². The van der Waals surface area contributed by atoms with E-state index < -0.39 is 0 Å². The summed E-state index contributed by atoms with van der Waals surface area (Å²) < 4.78 is 0. The summed E-state index contributed by atoms with van der Waals surface area (Å²) in [6.07, 6.45) is 10.5. The molecule has 0 heterocycles. The van der Waals surface area contributed by atoms with Crippen LogP contribution in [-0.4, -0.2) is 45.2 Å². The molecule has 0 aromatic rings. The Bertz CT molecular complexity index is 137. The van der Waals surface area contributed by atoms with Crippen molar-refractivity contribution < 1.29 is 0 Å². The molecule has 0 aromatic carbocycles. The van der Waals surface area contributed by atoms with Crippen molar-refractivity contribution in [2.45, 2.75) is 51.4 Å². The Balaban J connectivity index is 2.89. The van der Waals surface area contributed by atoms with Gasteiger partial charge in [0.15, 0.2) is 0 Å². The van der Waals surface area contributed by atoms with Gasteiger partial charge in [-0.1, -0.05) is 25.7 Å². The summed E-state index contributed by atoms with van der Waals surface area (Å²) in [7, 11) is 4.29. The highest BCUT2D eigenvalue weighted by atomic mass is 15.0. The summed E-state index contributed by atoms with van der Waals surface area (Å²) in [5, 5.41) is 3.52. The third kappa shape index (κ3) is 15.9. The van der Waals surface area contributed by atoms with Crippen LogP contribution in [0.25, 0.3) is 0 Å². The number of hydrogen-bond donors (Lipinski definition) is 2. The Hall–Kier alpha value is -0.120. The Morgan fingerprint density at radius 2 is 1.29 bits per heavy atom. The Morgan fingerprint density at radius 1 is 0.765 bits per heavy atom. The molecule has 0 atom stereocenters. The zero-order chi connectivity index (χ0) is 12.8. The summed E-state index contributed by atoms with van der Waals surface area (Å²) >= 11 is 0. The highest BCUT2D eigenvalue weighted by Crippen LogP contribution is 2.00. The van der Waals surface area contributed by atoms with Crippen LogP contribution in [0.2, 0.25) is 0 Å². The van der Waals surface area contributed by atoms with Crippen LogP contribution in [0.4, 0.5) is 0 Å². The molecule has 17 heavy (non-hydrogen) atoms. The SMILES string of the molecule is CN(C)CCCCCCNCCCCCCN. The van der Waals surface area contributed by atoms with Crippen molar-refractivity contribution in [2.75, 3.05) is 40.3 Å². The topological polar surface area (TPSA) is 41.3 Å². The van der Waals surface area contributed by atoms with Crippen LogP contribution in [-0.2, 0) is 0 Å². The fraction of sp³-hybridized carbons (Fsp3) is 1.00. The highest BCUT2D eigenvalue weighted by molar-refractivity contribution is 4.52. The van der Waals surface area contributed by atoms with E-state index in [0.717, 1.165) is 6.54 Å². The van der Waals surface area contributed by atoms with Gasteiger partial charge in [0, 0.05) is 0 Å². The molecule has 0 rings (SSSR count). The summed E-state index contributed by atoms with van der Waals surface area (Å²) in [6.45, 7) is 4.45. The summed E-state index contributed by atoms with van der Waals surface area (Å²) in [6, 6.07) is 0. The summed E-state index contributed by atoms with van der Waals surface area (Å²) in [5.41, 5.74) is 5.45. The molecule has 3 nitrogen and oxygen atoms in total. The standard InChI is InChI=1S/C14H33N3/c1-17(2)14-10-6-5-9-13-16-12-8-4-3-7-11-15/h16H,3-15H2,1-2H3. The first-order valence-corrected chi connectivity index (χ1v) is 7.33. The molecule has 3 heteroatoms. The lowest BCUT2D eigenvalue weighted by atomic mass is 10.2. The molecule has 104 valence electrons. The van der Waals surface area contributed by atoms with E-state index in [-0.39, 0.29) is 0 Å². The number of nitrogens with zero attached hydrogens (tertiary/aromatic N) is 1. The van der Waals surface area contributed by atoms with E-state index in [4.69, 9.17) is 5.73 Å². The normalized spacial score (nSPS) is 11.3. The molecule has 0 aliphatic heterocycles. The van der Waals surface area contributed by atoms with Crippen LogP contribution in [0.15, 0.2) is 0 Å². The van der Waals surface area contributed by atoms with Crippen molar-refractivity contribution in [1.82, 2.24) is 10.2 Å². The van der Waals surface area contributed by atoms with E-state index in [1.807, 2.05) is 0 Å². The fourth-order valence-electron chi connectivity index (χ4n) is 1.90. The first-order chi connectivity index (χ1) is 8.27. The van der Waals surface area contributed by atoms with Crippen molar-refractivity contribution in [3.05, 3.63) is 0 Å². The Labute approximate surface area is 108 Å². The molecule has 0 spiro atoms. The van der Waals surface area contributed by atoms with Gasteiger partial charge in [0.25, 0.3) is 0 Å². The average Bonchev–Trinajstić information content (AvgIpc) is 2.30. The Kier molecular flexibility index (Phi) is 13.8. The number of rotatable bonds is 13. The molecule has 0 aliphatic carbocycles. The molecule has 0 aromatic heterocycles. The Morgan fingerprint density at radius 3 is 1.82 bits per heavy atom. The van der Waals surface area contributed by atoms with Gasteiger partial charge in [-0.15, -0.1) is 0 Å². The van der Waals surface area contributed by atoms with Gasteiger partial charge in [-0.3, -0.25) is 0 Å². The molecular formula is C14H33N3. The van der Waals surface area contributed by atoms with E-state index in [2.05, 4.69) is 24.3 Å². The van der Waals surface area contributed by atoms with Gasteiger partial charge in [-0.25, -0.2) is 0 Å². The van der Waals surface area contributed by atoms with Crippen molar-refractivity contribution >= 4 is 0 Å². The van der Waals surface area contributed by atoms with Crippen LogP contribution in [0.5, 0.6) is 0 Å². The lowest BCUT2D eigenvalue weighted by molar-refractivity contribution is 0.389. The number of nitrogens with two attached hydrogens (primary N) is 1. The maximum Gasteiger partial charge on any atom is -0.00248 e. The van der Waals surface area contributed by atoms with E-state index in [1.54, 1.807) is 0 Å². The summed E-state index contributed by atoms with van der Waals surface area (Å²) in [5.74, 6) is 0. The first kappa shape index (κ1) is 16.9. The molecule has 0 aliphatic rings. The van der Waals surface area contributed by atoms with Crippen LogP contribution in [0.1, 0.15) is 51.4 Å². The van der Waals surface area contributed by atoms with Crippen molar-refractivity contribution in [1.29, 1.82) is 0 Å².